The molecule has 0 amide bonds. The van der Waals surface area contributed by atoms with Crippen LogP contribution in [-0.4, -0.2) is 37.2 Å². The Morgan fingerprint density at radius 2 is 0.694 bits per heavy atom. The van der Waals surface area contributed by atoms with Gasteiger partial charge < -0.3 is 14.2 Å². The first-order valence-corrected chi connectivity index (χ1v) is 25.3. The lowest BCUT2D eigenvalue weighted by molar-refractivity contribution is -0.167. The molecule has 0 aliphatic rings. The SMILES string of the molecule is CC/C=C\C/C=C\C/C=C\CCCCCCC(=O)OC(COC(=O)CCCCCCC\C=C/C=C\C=C/C=C\CCCCC)COC(=O)CCCCCCC/C=C\CCCCC. The van der Waals surface area contributed by atoms with E-state index in [1.165, 1.54) is 51.4 Å². The third-order valence-corrected chi connectivity index (χ3v) is 10.4. The number of ether oxygens (including phenoxy) is 3. The molecule has 6 nitrogen and oxygen atoms in total. The third-order valence-electron chi connectivity index (χ3n) is 10.4. The highest BCUT2D eigenvalue weighted by molar-refractivity contribution is 5.71. The lowest BCUT2D eigenvalue weighted by Gasteiger charge is -2.18. The fraction of sp³-hybridized carbons (Fsp3) is 0.661. The van der Waals surface area contributed by atoms with Gasteiger partial charge in [0.25, 0.3) is 0 Å². The van der Waals surface area contributed by atoms with Gasteiger partial charge in [0.15, 0.2) is 6.10 Å². The minimum Gasteiger partial charge on any atom is -0.462 e. The van der Waals surface area contributed by atoms with Gasteiger partial charge in [-0.05, 0) is 103 Å². The minimum absolute atomic E-state index is 0.100. The zero-order valence-electron chi connectivity index (χ0n) is 40.1. The van der Waals surface area contributed by atoms with Crippen molar-refractivity contribution in [3.63, 3.8) is 0 Å². The van der Waals surface area contributed by atoms with Crippen molar-refractivity contribution >= 4 is 17.9 Å². The molecule has 0 aromatic heterocycles. The second kappa shape index (κ2) is 50.0. The Morgan fingerprint density at radius 1 is 0.355 bits per heavy atom. The smallest absolute Gasteiger partial charge is 0.306 e. The van der Waals surface area contributed by atoms with Gasteiger partial charge in [-0.3, -0.25) is 14.4 Å². The average molecular weight is 861 g/mol. The molecule has 0 aliphatic carbocycles. The lowest BCUT2D eigenvalue weighted by Crippen LogP contribution is -2.30. The first kappa shape index (κ1) is 58.3. The molecule has 0 radical (unpaired) electrons. The zero-order valence-corrected chi connectivity index (χ0v) is 40.1. The molecule has 0 aromatic carbocycles. The molecule has 0 N–H and O–H groups in total. The number of hydrogen-bond donors (Lipinski definition) is 0. The summed E-state index contributed by atoms with van der Waals surface area (Å²) in [6, 6.07) is 0. The summed E-state index contributed by atoms with van der Waals surface area (Å²) in [5.41, 5.74) is 0. The molecule has 0 aromatic rings. The number of rotatable bonds is 44. The first-order chi connectivity index (χ1) is 30.5. The standard InChI is InChI=1S/C56H92O6/c1-4-7-10-13-16-19-22-25-27-28-29-30-32-34-37-40-43-46-49-55(58)61-52-53(51-60-54(57)48-45-42-39-36-33-24-21-18-15-12-9-6-3)62-56(59)50-47-44-41-38-35-31-26-23-20-17-14-11-8-5-2/h8,11,16-22,25-31,53H,4-7,9-10,12-15,23-24,32-52H2,1-3H3/b11-8-,19-16-,20-17-,21-18-,25-22-,28-27-,30-29-,31-26-. The van der Waals surface area contributed by atoms with Gasteiger partial charge in [-0.15, -0.1) is 0 Å². The maximum Gasteiger partial charge on any atom is 0.306 e. The van der Waals surface area contributed by atoms with E-state index in [0.717, 1.165) is 128 Å². The van der Waals surface area contributed by atoms with Crippen LogP contribution in [0.2, 0.25) is 0 Å². The van der Waals surface area contributed by atoms with Gasteiger partial charge in [0, 0.05) is 19.3 Å². The summed E-state index contributed by atoms with van der Waals surface area (Å²) in [7, 11) is 0. The van der Waals surface area contributed by atoms with Crippen LogP contribution in [0.25, 0.3) is 0 Å². The molecular weight excluding hydrogens is 769 g/mol. The summed E-state index contributed by atoms with van der Waals surface area (Å²) in [6.45, 7) is 6.40. The first-order valence-electron chi connectivity index (χ1n) is 25.3. The molecule has 1 atom stereocenters. The van der Waals surface area contributed by atoms with Crippen molar-refractivity contribution in [2.45, 2.75) is 226 Å². The highest BCUT2D eigenvalue weighted by Gasteiger charge is 2.19. The normalized spacial score (nSPS) is 12.9. The number of unbranched alkanes of at least 4 members (excludes halogenated alkanes) is 20. The van der Waals surface area contributed by atoms with E-state index < -0.39 is 6.10 Å². The maximum atomic E-state index is 12.8. The Hall–Kier alpha value is -3.67. The Kier molecular flexibility index (Phi) is 47.0. The monoisotopic (exact) mass is 861 g/mol. The highest BCUT2D eigenvalue weighted by Crippen LogP contribution is 2.13. The van der Waals surface area contributed by atoms with Gasteiger partial charge in [-0.25, -0.2) is 0 Å². The van der Waals surface area contributed by atoms with E-state index in [1.807, 2.05) is 0 Å². The average Bonchev–Trinajstić information content (AvgIpc) is 3.27. The second-order valence-corrected chi connectivity index (χ2v) is 16.4. The Labute approximate surface area is 381 Å². The quantitative estimate of drug-likeness (QED) is 0.0200. The van der Waals surface area contributed by atoms with E-state index >= 15 is 0 Å². The van der Waals surface area contributed by atoms with Crippen LogP contribution in [0.4, 0.5) is 0 Å². The molecule has 62 heavy (non-hydrogen) atoms. The molecule has 0 saturated heterocycles. The second-order valence-electron chi connectivity index (χ2n) is 16.4. The van der Waals surface area contributed by atoms with Crippen molar-refractivity contribution in [2.24, 2.45) is 0 Å². The summed E-state index contributed by atoms with van der Waals surface area (Å²) in [6.07, 6.45) is 65.2. The molecule has 0 fully saturated rings. The topological polar surface area (TPSA) is 78.9 Å². The van der Waals surface area contributed by atoms with Crippen LogP contribution in [0, 0.1) is 0 Å². The predicted molar refractivity (Wildman–Crippen MR) is 265 cm³/mol. The molecule has 0 spiro atoms. The van der Waals surface area contributed by atoms with E-state index in [4.69, 9.17) is 14.2 Å². The Balaban J connectivity index is 4.48. The van der Waals surface area contributed by atoms with Crippen molar-refractivity contribution in [1.29, 1.82) is 0 Å². The van der Waals surface area contributed by atoms with E-state index in [-0.39, 0.29) is 31.1 Å². The molecule has 0 saturated carbocycles. The number of esters is 3. The molecule has 1 unspecified atom stereocenters. The van der Waals surface area contributed by atoms with Gasteiger partial charge in [0.2, 0.25) is 0 Å². The third kappa shape index (κ3) is 47.4. The molecule has 0 heterocycles. The van der Waals surface area contributed by atoms with Crippen molar-refractivity contribution in [2.75, 3.05) is 13.2 Å². The molecule has 0 aliphatic heterocycles. The molecule has 0 rings (SSSR count). The van der Waals surface area contributed by atoms with Crippen molar-refractivity contribution in [1.82, 2.24) is 0 Å². The number of carbonyl (C=O) groups is 3. The molecular formula is C56H92O6. The van der Waals surface area contributed by atoms with Gasteiger partial charge in [-0.2, -0.15) is 0 Å². The van der Waals surface area contributed by atoms with Gasteiger partial charge in [0.05, 0.1) is 0 Å². The van der Waals surface area contributed by atoms with E-state index in [0.29, 0.717) is 19.3 Å². The van der Waals surface area contributed by atoms with Crippen LogP contribution < -0.4 is 0 Å². The molecule has 0 bridgehead atoms. The molecule has 352 valence electrons. The van der Waals surface area contributed by atoms with Gasteiger partial charge in [0.1, 0.15) is 13.2 Å². The Bertz CT molecular complexity index is 1260. The van der Waals surface area contributed by atoms with Crippen LogP contribution in [0.5, 0.6) is 0 Å². The molecule has 6 heteroatoms. The van der Waals surface area contributed by atoms with Crippen LogP contribution in [0.1, 0.15) is 220 Å². The zero-order chi connectivity index (χ0) is 45.1. The highest BCUT2D eigenvalue weighted by atomic mass is 16.6. The lowest BCUT2D eigenvalue weighted by atomic mass is 10.1. The van der Waals surface area contributed by atoms with Gasteiger partial charge in [-0.1, -0.05) is 195 Å². The van der Waals surface area contributed by atoms with E-state index in [9.17, 15) is 14.4 Å². The van der Waals surface area contributed by atoms with Crippen molar-refractivity contribution < 1.29 is 28.6 Å². The van der Waals surface area contributed by atoms with Crippen LogP contribution in [0.3, 0.4) is 0 Å². The van der Waals surface area contributed by atoms with E-state index in [1.54, 1.807) is 0 Å². The van der Waals surface area contributed by atoms with Gasteiger partial charge >= 0.3 is 17.9 Å². The minimum atomic E-state index is -0.802. The van der Waals surface area contributed by atoms with Crippen molar-refractivity contribution in [3.8, 4) is 0 Å². The number of allylic oxidation sites excluding steroid dienone is 16. The number of hydrogen-bond acceptors (Lipinski definition) is 6. The summed E-state index contributed by atoms with van der Waals surface area (Å²) in [5, 5.41) is 0. The van der Waals surface area contributed by atoms with Crippen LogP contribution in [-0.2, 0) is 28.6 Å². The summed E-state index contributed by atoms with van der Waals surface area (Å²) < 4.78 is 16.7. The van der Waals surface area contributed by atoms with E-state index in [2.05, 4.69) is 118 Å². The van der Waals surface area contributed by atoms with Crippen molar-refractivity contribution in [3.05, 3.63) is 97.2 Å². The van der Waals surface area contributed by atoms with Crippen LogP contribution >= 0.6 is 0 Å². The largest absolute Gasteiger partial charge is 0.462 e. The maximum absolute atomic E-state index is 12.8. The van der Waals surface area contributed by atoms with Crippen LogP contribution in [0.15, 0.2) is 97.2 Å². The fourth-order valence-electron chi connectivity index (χ4n) is 6.58. The Morgan fingerprint density at radius 3 is 1.15 bits per heavy atom. The summed E-state index contributed by atoms with van der Waals surface area (Å²) in [5.74, 6) is -0.960. The number of carbonyl (C=O) groups excluding carboxylic acids is 3. The summed E-state index contributed by atoms with van der Waals surface area (Å²) in [4.78, 5) is 37.9. The summed E-state index contributed by atoms with van der Waals surface area (Å²) >= 11 is 0. The predicted octanol–water partition coefficient (Wildman–Crippen LogP) is 16.6. The fourth-order valence-corrected chi connectivity index (χ4v) is 6.58.